The maximum atomic E-state index is 10.9. The summed E-state index contributed by atoms with van der Waals surface area (Å²) in [7, 11) is 1.82. The number of hydrogen-bond acceptors (Lipinski definition) is 2. The van der Waals surface area contributed by atoms with Crippen LogP contribution < -0.4 is 5.73 Å². The number of anilines is 1. The normalized spacial score (nSPS) is 10.8. The number of nitrogen functional groups attached to an aromatic ring is 1. The SMILES string of the molecule is Cc1cc2cc(N)n(C)c2cc1C(=O)O. The molecule has 4 nitrogen and oxygen atoms in total. The summed E-state index contributed by atoms with van der Waals surface area (Å²) >= 11 is 0. The Balaban J connectivity index is 2.83. The Morgan fingerprint density at radius 2 is 2.07 bits per heavy atom. The predicted molar refractivity (Wildman–Crippen MR) is 59.0 cm³/mol. The van der Waals surface area contributed by atoms with E-state index in [-0.39, 0.29) is 0 Å². The summed E-state index contributed by atoms with van der Waals surface area (Å²) in [6.07, 6.45) is 0. The molecule has 0 aliphatic rings. The minimum atomic E-state index is -0.908. The Labute approximate surface area is 86.9 Å². The maximum absolute atomic E-state index is 10.9. The van der Waals surface area contributed by atoms with Gasteiger partial charge in [0.05, 0.1) is 11.1 Å². The smallest absolute Gasteiger partial charge is 0.336 e. The number of fused-ring (bicyclic) bond motifs is 1. The molecule has 15 heavy (non-hydrogen) atoms. The van der Waals surface area contributed by atoms with Gasteiger partial charge in [-0.1, -0.05) is 0 Å². The van der Waals surface area contributed by atoms with E-state index in [4.69, 9.17) is 10.8 Å². The lowest BCUT2D eigenvalue weighted by Gasteiger charge is -2.03. The highest BCUT2D eigenvalue weighted by Crippen LogP contribution is 2.24. The average molecular weight is 204 g/mol. The zero-order chi connectivity index (χ0) is 11.2. The minimum Gasteiger partial charge on any atom is -0.478 e. The van der Waals surface area contributed by atoms with Crippen molar-refractivity contribution in [3.63, 3.8) is 0 Å². The topological polar surface area (TPSA) is 68.2 Å². The molecule has 3 N–H and O–H groups in total. The van der Waals surface area contributed by atoms with Crippen molar-refractivity contribution in [1.29, 1.82) is 0 Å². The van der Waals surface area contributed by atoms with Crippen LogP contribution in [0.25, 0.3) is 10.9 Å². The Morgan fingerprint density at radius 1 is 1.40 bits per heavy atom. The van der Waals surface area contributed by atoms with Gasteiger partial charge in [0.2, 0.25) is 0 Å². The third-order valence-electron chi connectivity index (χ3n) is 2.66. The Hall–Kier alpha value is -1.97. The number of aryl methyl sites for hydroxylation is 2. The van der Waals surface area contributed by atoms with Gasteiger partial charge in [0.1, 0.15) is 5.82 Å². The molecule has 2 rings (SSSR count). The summed E-state index contributed by atoms with van der Waals surface area (Å²) in [4.78, 5) is 10.9. The van der Waals surface area contributed by atoms with Crippen LogP contribution in [0.15, 0.2) is 18.2 Å². The molecular formula is C11H12N2O2. The van der Waals surface area contributed by atoms with Crippen molar-refractivity contribution < 1.29 is 9.90 Å². The molecule has 1 heterocycles. The molecule has 2 aromatic rings. The summed E-state index contributed by atoms with van der Waals surface area (Å²) < 4.78 is 1.78. The van der Waals surface area contributed by atoms with Crippen LogP contribution in [0, 0.1) is 6.92 Å². The van der Waals surface area contributed by atoms with Crippen LogP contribution in [0.5, 0.6) is 0 Å². The van der Waals surface area contributed by atoms with E-state index in [2.05, 4.69) is 0 Å². The first-order chi connectivity index (χ1) is 7.00. The average Bonchev–Trinajstić information content (AvgIpc) is 2.41. The fraction of sp³-hybridized carbons (Fsp3) is 0.182. The van der Waals surface area contributed by atoms with Gasteiger partial charge in [0, 0.05) is 12.4 Å². The highest BCUT2D eigenvalue weighted by atomic mass is 16.4. The van der Waals surface area contributed by atoms with Crippen molar-refractivity contribution in [3.05, 3.63) is 29.3 Å². The molecule has 0 bridgehead atoms. The largest absolute Gasteiger partial charge is 0.478 e. The number of aromatic carboxylic acids is 1. The van der Waals surface area contributed by atoms with E-state index >= 15 is 0 Å². The van der Waals surface area contributed by atoms with Gasteiger partial charge in [-0.05, 0) is 30.7 Å². The maximum Gasteiger partial charge on any atom is 0.336 e. The third kappa shape index (κ3) is 1.34. The molecule has 4 heteroatoms. The minimum absolute atomic E-state index is 0.323. The molecule has 0 aliphatic carbocycles. The predicted octanol–water partition coefficient (Wildman–Crippen LogP) is 1.77. The second kappa shape index (κ2) is 3.02. The van der Waals surface area contributed by atoms with E-state index in [9.17, 15) is 4.79 Å². The fourth-order valence-corrected chi connectivity index (χ4v) is 1.75. The fourth-order valence-electron chi connectivity index (χ4n) is 1.75. The highest BCUT2D eigenvalue weighted by Gasteiger charge is 2.11. The molecule has 0 amide bonds. The van der Waals surface area contributed by atoms with Gasteiger partial charge in [-0.2, -0.15) is 0 Å². The van der Waals surface area contributed by atoms with Crippen LogP contribution in [0.3, 0.4) is 0 Å². The molecule has 0 aliphatic heterocycles. The number of rotatable bonds is 1. The lowest BCUT2D eigenvalue weighted by atomic mass is 10.1. The van der Waals surface area contributed by atoms with Crippen LogP contribution in [-0.2, 0) is 7.05 Å². The number of hydrogen-bond donors (Lipinski definition) is 2. The molecule has 78 valence electrons. The molecule has 1 aromatic heterocycles. The summed E-state index contributed by atoms with van der Waals surface area (Å²) in [6, 6.07) is 5.34. The van der Waals surface area contributed by atoms with Crippen LogP contribution in [-0.4, -0.2) is 15.6 Å². The number of carboxylic acid groups (broad SMARTS) is 1. The molecule has 0 saturated carbocycles. The lowest BCUT2D eigenvalue weighted by Crippen LogP contribution is -2.00. The van der Waals surface area contributed by atoms with Crippen molar-refractivity contribution in [2.45, 2.75) is 6.92 Å². The van der Waals surface area contributed by atoms with Crippen molar-refractivity contribution >= 4 is 22.7 Å². The number of nitrogens with zero attached hydrogens (tertiary/aromatic N) is 1. The monoisotopic (exact) mass is 204 g/mol. The molecule has 0 saturated heterocycles. The number of carboxylic acids is 1. The second-order valence-electron chi connectivity index (χ2n) is 3.66. The first-order valence-corrected chi connectivity index (χ1v) is 4.59. The summed E-state index contributed by atoms with van der Waals surface area (Å²) in [5, 5.41) is 9.95. The van der Waals surface area contributed by atoms with Crippen molar-refractivity contribution in [2.75, 3.05) is 5.73 Å². The van der Waals surface area contributed by atoms with Gasteiger partial charge >= 0.3 is 5.97 Å². The van der Waals surface area contributed by atoms with E-state index in [1.165, 1.54) is 0 Å². The first kappa shape index (κ1) is 9.58. The van der Waals surface area contributed by atoms with Gasteiger partial charge in [-0.25, -0.2) is 4.79 Å². The molecule has 0 radical (unpaired) electrons. The van der Waals surface area contributed by atoms with E-state index in [1.807, 2.05) is 19.2 Å². The van der Waals surface area contributed by atoms with E-state index in [0.29, 0.717) is 11.4 Å². The Morgan fingerprint density at radius 3 is 2.67 bits per heavy atom. The van der Waals surface area contributed by atoms with Crippen LogP contribution in [0.1, 0.15) is 15.9 Å². The zero-order valence-corrected chi connectivity index (χ0v) is 8.61. The van der Waals surface area contributed by atoms with Gasteiger partial charge in [-0.15, -0.1) is 0 Å². The number of aromatic nitrogens is 1. The van der Waals surface area contributed by atoms with Crippen LogP contribution >= 0.6 is 0 Å². The van der Waals surface area contributed by atoms with Crippen molar-refractivity contribution in [2.24, 2.45) is 7.05 Å². The number of nitrogens with two attached hydrogens (primary N) is 1. The second-order valence-corrected chi connectivity index (χ2v) is 3.66. The van der Waals surface area contributed by atoms with Crippen molar-refractivity contribution in [3.8, 4) is 0 Å². The van der Waals surface area contributed by atoms with E-state index < -0.39 is 5.97 Å². The quantitative estimate of drug-likeness (QED) is 0.743. The van der Waals surface area contributed by atoms with Gasteiger partial charge in [0.25, 0.3) is 0 Å². The highest BCUT2D eigenvalue weighted by molar-refractivity contribution is 5.96. The zero-order valence-electron chi connectivity index (χ0n) is 8.61. The Kier molecular flexibility index (Phi) is 1.93. The summed E-state index contributed by atoms with van der Waals surface area (Å²) in [5.74, 6) is -0.277. The first-order valence-electron chi connectivity index (χ1n) is 4.59. The third-order valence-corrected chi connectivity index (χ3v) is 2.66. The van der Waals surface area contributed by atoms with Crippen molar-refractivity contribution in [1.82, 2.24) is 4.57 Å². The van der Waals surface area contributed by atoms with E-state index in [0.717, 1.165) is 16.5 Å². The summed E-state index contributed by atoms with van der Waals surface area (Å²) in [6.45, 7) is 1.78. The Bertz CT molecular complexity index is 555. The summed E-state index contributed by atoms with van der Waals surface area (Å²) in [5.41, 5.74) is 7.66. The van der Waals surface area contributed by atoms with Gasteiger partial charge < -0.3 is 15.4 Å². The lowest BCUT2D eigenvalue weighted by molar-refractivity contribution is 0.0696. The van der Waals surface area contributed by atoms with Crippen LogP contribution in [0.4, 0.5) is 5.82 Å². The molecule has 1 aromatic carbocycles. The number of benzene rings is 1. The molecule has 0 atom stereocenters. The molecule has 0 spiro atoms. The van der Waals surface area contributed by atoms with Gasteiger partial charge in [0.15, 0.2) is 0 Å². The van der Waals surface area contributed by atoms with Crippen LogP contribution in [0.2, 0.25) is 0 Å². The standard InChI is InChI=1S/C11H12N2O2/c1-6-3-7-4-10(12)13(2)9(7)5-8(6)11(14)15/h3-5H,12H2,1-2H3,(H,14,15). The number of carbonyl (C=O) groups is 1. The molecular weight excluding hydrogens is 192 g/mol. The molecule has 0 fully saturated rings. The molecule has 0 unspecified atom stereocenters. The van der Waals surface area contributed by atoms with Gasteiger partial charge in [-0.3, -0.25) is 0 Å². The van der Waals surface area contributed by atoms with E-state index in [1.54, 1.807) is 17.6 Å².